The van der Waals surface area contributed by atoms with E-state index in [0.29, 0.717) is 56.9 Å². The van der Waals surface area contributed by atoms with E-state index < -0.39 is 58.9 Å². The van der Waals surface area contributed by atoms with Gasteiger partial charge in [-0.05, 0) is 50.6 Å². The molecule has 3 aromatic carbocycles. The molecule has 2 fully saturated rings. The molecule has 4 bridgehead atoms. The highest BCUT2D eigenvalue weighted by Gasteiger charge is 2.60. The van der Waals surface area contributed by atoms with Crippen molar-refractivity contribution in [3.05, 3.63) is 85.8 Å². The van der Waals surface area contributed by atoms with Gasteiger partial charge in [0.25, 0.3) is 5.91 Å². The van der Waals surface area contributed by atoms with E-state index in [4.69, 9.17) is 28.1 Å². The molecule has 0 radical (unpaired) electrons. The van der Waals surface area contributed by atoms with Crippen LogP contribution < -0.4 is 29.9 Å². The number of nitriles is 1. The Bertz CT molecular complexity index is 2520. The number of hydrogen-bond donors (Lipinski definition) is 2. The van der Waals surface area contributed by atoms with Crippen LogP contribution >= 0.6 is 11.8 Å². The molecule has 6 aliphatic heterocycles. The van der Waals surface area contributed by atoms with Gasteiger partial charge in [-0.15, -0.1) is 11.8 Å². The summed E-state index contributed by atoms with van der Waals surface area (Å²) in [5.41, 5.74) is 3.12. The third-order valence-electron chi connectivity index (χ3n) is 11.9. The van der Waals surface area contributed by atoms with Gasteiger partial charge in [0.1, 0.15) is 35.6 Å². The number of nitrogens with one attached hydrogen (secondary N) is 1. The first-order valence-corrected chi connectivity index (χ1v) is 19.5. The van der Waals surface area contributed by atoms with E-state index in [1.807, 2.05) is 20.0 Å². The summed E-state index contributed by atoms with van der Waals surface area (Å²) in [7, 11) is 3.43. The fraction of sp³-hybridized carbons (Fsp3) is 0.390. The molecule has 0 spiro atoms. The number of para-hydroxylation sites is 1. The van der Waals surface area contributed by atoms with Crippen LogP contribution in [0.3, 0.4) is 0 Å². The van der Waals surface area contributed by atoms with Crippen LogP contribution in [0.25, 0.3) is 11.0 Å². The second-order valence-electron chi connectivity index (χ2n) is 14.9. The summed E-state index contributed by atoms with van der Waals surface area (Å²) in [5, 5.41) is 25.6. The van der Waals surface area contributed by atoms with E-state index in [2.05, 4.69) is 21.2 Å². The summed E-state index contributed by atoms with van der Waals surface area (Å²) in [6, 6.07) is 8.43. The second kappa shape index (κ2) is 13.7. The Morgan fingerprint density at radius 2 is 1.82 bits per heavy atom. The SMILES string of the molecule is COc1c(C)cc2c(c1O)[C@@H]1C3[C@@H]4SC[C@H](NC(=O)c5cc6ccccc6oc5=O)C(=O)OC[C@@H](c5c6c(c(C)c(OC(C)=O)c54)OCO6)N3[C@@H](C#N)[C@H](C2)N1C. The molecule has 2 N–H and O–H groups in total. The number of hydrogen-bond acceptors (Lipinski definition) is 15. The number of ether oxygens (including phenoxy) is 5. The number of piperazine rings is 1. The van der Waals surface area contributed by atoms with Gasteiger partial charge in [0.15, 0.2) is 23.0 Å². The molecule has 4 aromatic rings. The smallest absolute Gasteiger partial charge is 0.349 e. The first kappa shape index (κ1) is 36.9. The summed E-state index contributed by atoms with van der Waals surface area (Å²) < 4.78 is 35.3. The van der Waals surface area contributed by atoms with Crippen LogP contribution in [0.5, 0.6) is 28.7 Å². The van der Waals surface area contributed by atoms with Crippen LogP contribution in [0, 0.1) is 25.2 Å². The number of benzene rings is 3. The predicted molar refractivity (Wildman–Crippen MR) is 204 cm³/mol. The molecule has 1 aromatic heterocycles. The van der Waals surface area contributed by atoms with E-state index in [1.54, 1.807) is 31.2 Å². The van der Waals surface area contributed by atoms with Gasteiger partial charge in [0.05, 0.1) is 30.5 Å². The minimum Gasteiger partial charge on any atom is -0.504 e. The van der Waals surface area contributed by atoms with E-state index >= 15 is 0 Å². The zero-order valence-electron chi connectivity index (χ0n) is 31.6. The number of aromatic hydroxyl groups is 1. The van der Waals surface area contributed by atoms with Crippen molar-refractivity contribution >= 4 is 40.6 Å². The number of carbonyl (C=O) groups is 3. The Kier molecular flexibility index (Phi) is 8.87. The van der Waals surface area contributed by atoms with Crippen molar-refractivity contribution in [3.8, 4) is 34.8 Å². The highest BCUT2D eigenvalue weighted by atomic mass is 32.2. The molecule has 2 saturated heterocycles. The molecule has 1 amide bonds. The van der Waals surface area contributed by atoms with Gasteiger partial charge in [-0.1, -0.05) is 24.3 Å². The molecule has 7 atom stereocenters. The first-order valence-electron chi connectivity index (χ1n) is 18.5. The number of phenolic OH excluding ortho intramolecular Hbond substituents is 1. The Morgan fingerprint density at radius 1 is 1.05 bits per heavy atom. The molecular weight excluding hydrogens is 757 g/mol. The average molecular weight is 795 g/mol. The quantitative estimate of drug-likeness (QED) is 0.170. The first-order chi connectivity index (χ1) is 27.4. The van der Waals surface area contributed by atoms with Crippen molar-refractivity contribution < 1.29 is 47.6 Å². The molecule has 1 unspecified atom stereocenters. The van der Waals surface area contributed by atoms with E-state index in [0.717, 1.165) is 11.1 Å². The number of fused-ring (bicyclic) bond motifs is 11. The van der Waals surface area contributed by atoms with Crippen molar-refractivity contribution in [1.29, 1.82) is 5.26 Å². The Hall–Kier alpha value is -5.76. The zero-order valence-corrected chi connectivity index (χ0v) is 32.4. The molecule has 57 heavy (non-hydrogen) atoms. The van der Waals surface area contributed by atoms with Crippen molar-refractivity contribution in [2.24, 2.45) is 0 Å². The summed E-state index contributed by atoms with van der Waals surface area (Å²) in [5.74, 6) is -0.849. The molecular formula is C41H38N4O11S. The molecule has 294 valence electrons. The monoisotopic (exact) mass is 794 g/mol. The van der Waals surface area contributed by atoms with Crippen LogP contribution in [-0.2, 0) is 20.7 Å². The van der Waals surface area contributed by atoms with Crippen LogP contribution in [0.2, 0.25) is 0 Å². The lowest BCUT2D eigenvalue weighted by Crippen LogP contribution is -2.69. The van der Waals surface area contributed by atoms with Crippen molar-refractivity contribution in [1.82, 2.24) is 15.1 Å². The number of carbonyl (C=O) groups excluding carboxylic acids is 3. The van der Waals surface area contributed by atoms with Gasteiger partial charge in [-0.3, -0.25) is 19.4 Å². The van der Waals surface area contributed by atoms with Crippen LogP contribution in [0.1, 0.15) is 68.0 Å². The fourth-order valence-electron chi connectivity index (χ4n) is 9.52. The number of phenols is 1. The Morgan fingerprint density at radius 3 is 2.58 bits per heavy atom. The van der Waals surface area contributed by atoms with Crippen LogP contribution in [-0.4, -0.2) is 90.2 Å². The molecule has 0 saturated carbocycles. The van der Waals surface area contributed by atoms with E-state index in [1.165, 1.54) is 31.9 Å². The third kappa shape index (κ3) is 5.54. The Labute approximate surface area is 330 Å². The second-order valence-corrected chi connectivity index (χ2v) is 16.1. The van der Waals surface area contributed by atoms with Crippen molar-refractivity contribution in [2.45, 2.75) is 68.7 Å². The van der Waals surface area contributed by atoms with Crippen molar-refractivity contribution in [2.75, 3.05) is 33.3 Å². The highest BCUT2D eigenvalue weighted by molar-refractivity contribution is 7.99. The Balaban J connectivity index is 1.23. The number of rotatable bonds is 4. The molecule has 6 aliphatic rings. The number of likely N-dealkylation sites (N-methyl/N-ethyl adjacent to an activating group) is 1. The summed E-state index contributed by atoms with van der Waals surface area (Å²) >= 11 is 1.29. The lowest BCUT2D eigenvalue weighted by Gasteiger charge is -2.61. The van der Waals surface area contributed by atoms with Gasteiger partial charge < -0.3 is 38.5 Å². The standard InChI is InChI=1S/C41H38N4O11S/c1-17-10-21-12-24-25(13-42)45-26-14-52-41(50)23(43-39(48)22-11-20-8-6-7-9-27(20)56-40(22)49)15-57-38(32(45)31(44(24)4)28(21)33(47)34(17)51-5)30-29(26)37-36(53-16-54-37)18(2)35(30)55-19(3)46/h6-11,23-26,31-32,38,47H,12,14-16H2,1-5H3,(H,43,48)/t23-,24-,25-,26-,31+,32?,38+/m0/s1. The maximum absolute atomic E-state index is 14.0. The third-order valence-corrected chi connectivity index (χ3v) is 13.2. The number of thioether (sulfide) groups is 1. The van der Waals surface area contributed by atoms with Gasteiger partial charge in [-0.25, -0.2) is 9.59 Å². The largest absolute Gasteiger partial charge is 0.504 e. The number of methoxy groups -OCH3 is 1. The molecule has 15 nitrogen and oxygen atoms in total. The molecule has 10 rings (SSSR count). The zero-order chi connectivity index (χ0) is 40.0. The number of nitrogens with zero attached hydrogens (tertiary/aromatic N) is 3. The highest BCUT2D eigenvalue weighted by Crippen LogP contribution is 2.64. The topological polar surface area (TPSA) is 190 Å². The average Bonchev–Trinajstić information content (AvgIpc) is 3.67. The van der Waals surface area contributed by atoms with Gasteiger partial charge in [0.2, 0.25) is 6.79 Å². The van der Waals surface area contributed by atoms with E-state index in [9.17, 15) is 29.5 Å². The molecule has 7 heterocycles. The number of esters is 2. The van der Waals surface area contributed by atoms with Crippen molar-refractivity contribution in [3.63, 3.8) is 0 Å². The predicted octanol–water partition coefficient (Wildman–Crippen LogP) is 4.14. The maximum atomic E-state index is 14.0. The van der Waals surface area contributed by atoms with Gasteiger partial charge in [0, 0.05) is 52.4 Å². The van der Waals surface area contributed by atoms with Gasteiger partial charge in [-0.2, -0.15) is 5.26 Å². The minimum atomic E-state index is -1.24. The van der Waals surface area contributed by atoms with E-state index in [-0.39, 0.29) is 42.3 Å². The van der Waals surface area contributed by atoms with Crippen LogP contribution in [0.4, 0.5) is 0 Å². The number of amides is 1. The van der Waals surface area contributed by atoms with Gasteiger partial charge >= 0.3 is 17.6 Å². The van der Waals surface area contributed by atoms with Crippen LogP contribution in [0.15, 0.2) is 45.6 Å². The fourth-order valence-corrected chi connectivity index (χ4v) is 11.0. The summed E-state index contributed by atoms with van der Waals surface area (Å²) in [6.45, 7) is 4.54. The summed E-state index contributed by atoms with van der Waals surface area (Å²) in [6.07, 6.45) is 0.445. The summed E-state index contributed by atoms with van der Waals surface area (Å²) in [4.78, 5) is 57.8. The molecule has 0 aliphatic carbocycles. The normalized spacial score (nSPS) is 26.0. The minimum absolute atomic E-state index is 0.00999. The maximum Gasteiger partial charge on any atom is 0.349 e. The lowest BCUT2D eigenvalue weighted by atomic mass is 9.71. The molecule has 16 heteroatoms. The number of aryl methyl sites for hydroxylation is 1. The lowest BCUT2D eigenvalue weighted by molar-refractivity contribution is -0.151.